The first-order chi connectivity index (χ1) is 5.17. The second-order valence-corrected chi connectivity index (χ2v) is 11.9. The number of halogens is 2. The first-order valence-electron chi connectivity index (χ1n) is 2.82. The average Bonchev–Trinajstić information content (AvgIpc) is 2.06. The predicted octanol–water partition coefficient (Wildman–Crippen LogP) is 3.75. The second kappa shape index (κ2) is 4.15. The molecule has 1 aromatic carbocycles. The van der Waals surface area contributed by atoms with Crippen LogP contribution >= 0.6 is 37.1 Å². The average molecular weight is 243 g/mol. The summed E-state index contributed by atoms with van der Waals surface area (Å²) in [7, 11) is 6.60. The van der Waals surface area contributed by atoms with E-state index in [-0.39, 0.29) is 0 Å². The highest BCUT2D eigenvalue weighted by atomic mass is 35.8. The number of rotatable bonds is 2. The number of hydrogen-bond acceptors (Lipinski definition) is 2. The Labute approximate surface area is 84.3 Å². The number of benzene rings is 1. The van der Waals surface area contributed by atoms with Crippen LogP contribution in [0.4, 0.5) is 0 Å². The van der Waals surface area contributed by atoms with Gasteiger partial charge in [0, 0.05) is 15.9 Å². The van der Waals surface area contributed by atoms with E-state index in [1.807, 2.05) is 30.3 Å². The molecule has 11 heavy (non-hydrogen) atoms. The molecule has 1 rings (SSSR count). The largest absolute Gasteiger partial charge is 0.131 e. The van der Waals surface area contributed by atoms with E-state index in [0.29, 0.717) is 0 Å². The summed E-state index contributed by atoms with van der Waals surface area (Å²) in [5.74, 6) is 0. The van der Waals surface area contributed by atoms with Crippen LogP contribution in [0.25, 0.3) is 0 Å². The Bertz CT molecular complexity index is 275. The molecule has 0 fully saturated rings. The molecule has 0 N–H and O–H groups in total. The van der Waals surface area contributed by atoms with Gasteiger partial charge in [0.25, 0.3) is 0 Å². The lowest BCUT2D eigenvalue weighted by molar-refractivity contribution is 1.78. The molecule has 0 radical (unpaired) electrons. The van der Waals surface area contributed by atoms with Crippen molar-refractivity contribution >= 4 is 54.2 Å². The van der Waals surface area contributed by atoms with Crippen molar-refractivity contribution in [3.8, 4) is 0 Å². The minimum Gasteiger partial charge on any atom is -0.0677 e. The minimum absolute atomic E-state index is 0.955. The zero-order valence-corrected chi connectivity index (χ0v) is 9.45. The summed E-state index contributed by atoms with van der Waals surface area (Å²) in [6, 6.07) is 9.55. The van der Waals surface area contributed by atoms with Crippen LogP contribution in [0.15, 0.2) is 30.3 Å². The van der Waals surface area contributed by atoms with E-state index in [1.54, 1.807) is 0 Å². The van der Waals surface area contributed by atoms with Crippen LogP contribution < -0.4 is 5.30 Å². The molecule has 0 amide bonds. The standard InChI is InChI=1S/C6H5Cl2PS2/c7-9(10,11-8)6-4-2-1-3-5-6/h1-5H. The molecular formula is C6H5Cl2PS2. The first-order valence-corrected chi connectivity index (χ1v) is 8.78. The summed E-state index contributed by atoms with van der Waals surface area (Å²) in [6.45, 7) is 0. The molecule has 0 saturated heterocycles. The van der Waals surface area contributed by atoms with Gasteiger partial charge in [-0.3, -0.25) is 0 Å². The maximum absolute atomic E-state index is 6.00. The molecule has 60 valence electrons. The summed E-state index contributed by atoms with van der Waals surface area (Å²) < 4.78 is -2.04. The molecule has 0 saturated carbocycles. The summed E-state index contributed by atoms with van der Waals surface area (Å²) in [5.41, 5.74) is 0. The Hall–Kier alpha value is 0.800. The van der Waals surface area contributed by atoms with Gasteiger partial charge in [-0.05, 0) is 10.7 Å². The molecule has 0 nitrogen and oxygen atoms in total. The lowest BCUT2D eigenvalue weighted by Crippen LogP contribution is -1.94. The third kappa shape index (κ3) is 2.64. The third-order valence-corrected chi connectivity index (χ3v) is 9.16. The van der Waals surface area contributed by atoms with Gasteiger partial charge < -0.3 is 0 Å². The van der Waals surface area contributed by atoms with Gasteiger partial charge in [0.05, 0.1) is 0 Å². The highest BCUT2D eigenvalue weighted by Gasteiger charge is 2.14. The molecule has 0 spiro atoms. The van der Waals surface area contributed by atoms with Crippen LogP contribution in [0.5, 0.6) is 0 Å². The Kier molecular flexibility index (Phi) is 3.73. The van der Waals surface area contributed by atoms with E-state index in [4.69, 9.17) is 33.7 Å². The highest BCUT2D eigenvalue weighted by Crippen LogP contribution is 2.64. The van der Waals surface area contributed by atoms with Gasteiger partial charge in [-0.15, -0.1) is 0 Å². The highest BCUT2D eigenvalue weighted by molar-refractivity contribution is 8.87. The van der Waals surface area contributed by atoms with E-state index in [1.165, 1.54) is 0 Å². The molecule has 0 aromatic heterocycles. The topological polar surface area (TPSA) is 0 Å². The summed E-state index contributed by atoms with van der Waals surface area (Å²) in [6.07, 6.45) is 0. The molecule has 1 aromatic rings. The third-order valence-electron chi connectivity index (χ3n) is 1.15. The lowest BCUT2D eigenvalue weighted by Gasteiger charge is -2.07. The summed E-state index contributed by atoms with van der Waals surface area (Å²) in [4.78, 5) is 0. The zero-order chi connectivity index (χ0) is 8.32. The maximum atomic E-state index is 6.00. The molecule has 0 aliphatic heterocycles. The van der Waals surface area contributed by atoms with Crippen LogP contribution in [0.2, 0.25) is 0 Å². The smallest absolute Gasteiger partial charge is 0.0677 e. The molecule has 1 unspecified atom stereocenters. The quantitative estimate of drug-likeness (QED) is 0.725. The van der Waals surface area contributed by atoms with Crippen LogP contribution in [-0.2, 0) is 11.8 Å². The zero-order valence-electron chi connectivity index (χ0n) is 5.41. The Morgan fingerprint density at radius 1 is 1.27 bits per heavy atom. The molecule has 5 heteroatoms. The van der Waals surface area contributed by atoms with Crippen molar-refractivity contribution in [3.05, 3.63) is 30.3 Å². The van der Waals surface area contributed by atoms with Gasteiger partial charge in [0.15, 0.2) is 0 Å². The van der Waals surface area contributed by atoms with Crippen molar-refractivity contribution in [1.82, 2.24) is 0 Å². The molecule has 0 heterocycles. The van der Waals surface area contributed by atoms with Gasteiger partial charge in [0.2, 0.25) is 0 Å². The van der Waals surface area contributed by atoms with Crippen molar-refractivity contribution in [2.24, 2.45) is 0 Å². The summed E-state index contributed by atoms with van der Waals surface area (Å²) in [5, 5.41) is 0.955. The van der Waals surface area contributed by atoms with E-state index >= 15 is 0 Å². The van der Waals surface area contributed by atoms with Crippen LogP contribution in [0.3, 0.4) is 0 Å². The fraction of sp³-hybridized carbons (Fsp3) is 0. The normalized spacial score (nSPS) is 15.8. The fourth-order valence-electron chi connectivity index (χ4n) is 0.646. The molecular weight excluding hydrogens is 238 g/mol. The van der Waals surface area contributed by atoms with E-state index in [2.05, 4.69) is 0 Å². The van der Waals surface area contributed by atoms with Crippen molar-refractivity contribution in [1.29, 1.82) is 0 Å². The maximum Gasteiger partial charge on any atom is 0.131 e. The molecule has 1 atom stereocenters. The predicted molar refractivity (Wildman–Crippen MR) is 59.7 cm³/mol. The summed E-state index contributed by atoms with van der Waals surface area (Å²) >= 11 is 11.1. The van der Waals surface area contributed by atoms with E-state index < -0.39 is 4.59 Å². The van der Waals surface area contributed by atoms with Gasteiger partial charge >= 0.3 is 0 Å². The van der Waals surface area contributed by atoms with Gasteiger partial charge in [-0.2, -0.15) is 0 Å². The molecule has 0 aliphatic rings. The first kappa shape index (κ1) is 9.88. The Morgan fingerprint density at radius 3 is 2.27 bits per heavy atom. The van der Waals surface area contributed by atoms with Gasteiger partial charge in [0.1, 0.15) is 4.59 Å². The fourth-order valence-corrected chi connectivity index (χ4v) is 3.28. The van der Waals surface area contributed by atoms with Crippen molar-refractivity contribution in [2.45, 2.75) is 0 Å². The van der Waals surface area contributed by atoms with Gasteiger partial charge in [-0.1, -0.05) is 53.4 Å². The van der Waals surface area contributed by atoms with Crippen LogP contribution in [0.1, 0.15) is 0 Å². The number of hydrogen-bond donors (Lipinski definition) is 0. The van der Waals surface area contributed by atoms with Crippen LogP contribution in [0, 0.1) is 0 Å². The Balaban J connectivity index is 3.03. The second-order valence-electron chi connectivity index (χ2n) is 1.88. The van der Waals surface area contributed by atoms with Crippen LogP contribution in [-0.4, -0.2) is 0 Å². The lowest BCUT2D eigenvalue weighted by atomic mass is 10.4. The van der Waals surface area contributed by atoms with Crippen molar-refractivity contribution in [3.63, 3.8) is 0 Å². The van der Waals surface area contributed by atoms with E-state index in [9.17, 15) is 0 Å². The molecule has 0 aliphatic carbocycles. The van der Waals surface area contributed by atoms with Crippen molar-refractivity contribution < 1.29 is 0 Å². The van der Waals surface area contributed by atoms with Crippen molar-refractivity contribution in [2.75, 3.05) is 0 Å². The minimum atomic E-state index is -2.04. The van der Waals surface area contributed by atoms with E-state index in [0.717, 1.165) is 15.9 Å². The molecule has 0 bridgehead atoms. The SMILES string of the molecule is S=P(Cl)(SCl)c1ccccc1. The Morgan fingerprint density at radius 2 is 1.82 bits per heavy atom. The monoisotopic (exact) mass is 242 g/mol. The van der Waals surface area contributed by atoms with Gasteiger partial charge in [-0.25, -0.2) is 0 Å².